The Morgan fingerprint density at radius 3 is 2.50 bits per heavy atom. The largest absolute Gasteiger partial charge is 0.311 e. The molecule has 2 aliphatic rings. The standard InChI is InChI=1S/C17H31N/c1-4-6-8-16(7-5-2)18-13(3)17-12-14-9-10-15(17)11-14/h9-10,13-18H,4-8,11-12H2,1-3H3. The molecular weight excluding hydrogens is 218 g/mol. The Bertz CT molecular complexity index is 271. The van der Waals surface area contributed by atoms with Gasteiger partial charge in [-0.3, -0.25) is 0 Å². The van der Waals surface area contributed by atoms with E-state index in [-0.39, 0.29) is 0 Å². The molecule has 2 bridgehead atoms. The third-order valence-corrected chi connectivity index (χ3v) is 5.01. The first kappa shape index (κ1) is 14.1. The van der Waals surface area contributed by atoms with Gasteiger partial charge in [0.1, 0.15) is 0 Å². The normalized spacial score (nSPS) is 32.9. The van der Waals surface area contributed by atoms with Gasteiger partial charge in [-0.1, -0.05) is 45.3 Å². The summed E-state index contributed by atoms with van der Waals surface area (Å²) in [6.07, 6.45) is 14.5. The summed E-state index contributed by atoms with van der Waals surface area (Å²) < 4.78 is 0. The highest BCUT2D eigenvalue weighted by Gasteiger charge is 2.38. The molecule has 0 heterocycles. The lowest BCUT2D eigenvalue weighted by molar-refractivity contribution is 0.284. The predicted molar refractivity (Wildman–Crippen MR) is 79.7 cm³/mol. The molecule has 1 N–H and O–H groups in total. The van der Waals surface area contributed by atoms with Crippen LogP contribution in [-0.4, -0.2) is 12.1 Å². The Balaban J connectivity index is 1.80. The maximum atomic E-state index is 3.95. The molecule has 0 saturated heterocycles. The first-order valence-electron chi connectivity index (χ1n) is 8.19. The second kappa shape index (κ2) is 6.75. The lowest BCUT2D eigenvalue weighted by Crippen LogP contribution is -2.42. The summed E-state index contributed by atoms with van der Waals surface area (Å²) >= 11 is 0. The fraction of sp³-hybridized carbons (Fsp3) is 0.882. The van der Waals surface area contributed by atoms with Crippen LogP contribution in [0.5, 0.6) is 0 Å². The van der Waals surface area contributed by atoms with Crippen LogP contribution in [0.2, 0.25) is 0 Å². The molecular formula is C17H31N. The molecule has 0 aromatic heterocycles. The molecule has 0 radical (unpaired) electrons. The first-order chi connectivity index (χ1) is 8.74. The lowest BCUT2D eigenvalue weighted by Gasteiger charge is -2.30. The second-order valence-corrected chi connectivity index (χ2v) is 6.53. The number of rotatable bonds is 8. The van der Waals surface area contributed by atoms with E-state index < -0.39 is 0 Å². The van der Waals surface area contributed by atoms with Crippen molar-refractivity contribution in [3.05, 3.63) is 12.2 Å². The second-order valence-electron chi connectivity index (χ2n) is 6.53. The average Bonchev–Trinajstić information content (AvgIpc) is 2.98. The molecule has 18 heavy (non-hydrogen) atoms. The molecule has 104 valence electrons. The molecule has 0 aliphatic heterocycles. The molecule has 0 spiro atoms. The average molecular weight is 249 g/mol. The summed E-state index contributed by atoms with van der Waals surface area (Å²) in [5.74, 6) is 2.69. The lowest BCUT2D eigenvalue weighted by atomic mass is 9.87. The number of hydrogen-bond donors (Lipinski definition) is 1. The fourth-order valence-electron chi connectivity index (χ4n) is 4.00. The third kappa shape index (κ3) is 3.38. The van der Waals surface area contributed by atoms with Gasteiger partial charge in [0.05, 0.1) is 0 Å². The van der Waals surface area contributed by atoms with Gasteiger partial charge in [-0.2, -0.15) is 0 Å². The molecule has 1 heteroatoms. The molecule has 1 fully saturated rings. The number of hydrogen-bond acceptors (Lipinski definition) is 1. The zero-order valence-electron chi connectivity index (χ0n) is 12.5. The van der Waals surface area contributed by atoms with Gasteiger partial charge < -0.3 is 5.32 Å². The minimum absolute atomic E-state index is 0.707. The minimum Gasteiger partial charge on any atom is -0.311 e. The summed E-state index contributed by atoms with van der Waals surface area (Å²) in [6.45, 7) is 7.03. The van der Waals surface area contributed by atoms with Crippen molar-refractivity contribution < 1.29 is 0 Å². The number of allylic oxidation sites excluding steroid dienone is 2. The Morgan fingerprint density at radius 1 is 1.11 bits per heavy atom. The summed E-state index contributed by atoms with van der Waals surface area (Å²) in [4.78, 5) is 0. The molecule has 1 saturated carbocycles. The summed E-state index contributed by atoms with van der Waals surface area (Å²) in [7, 11) is 0. The zero-order valence-corrected chi connectivity index (χ0v) is 12.5. The number of fused-ring (bicyclic) bond motifs is 2. The topological polar surface area (TPSA) is 12.0 Å². The van der Waals surface area contributed by atoms with E-state index in [1.807, 2.05) is 0 Å². The quantitative estimate of drug-likeness (QED) is 0.623. The van der Waals surface area contributed by atoms with E-state index in [0.29, 0.717) is 6.04 Å². The molecule has 0 aromatic rings. The van der Waals surface area contributed by atoms with Gasteiger partial charge in [0.2, 0.25) is 0 Å². The maximum absolute atomic E-state index is 3.95. The van der Waals surface area contributed by atoms with Crippen molar-refractivity contribution in [1.82, 2.24) is 5.32 Å². The molecule has 5 atom stereocenters. The number of nitrogens with one attached hydrogen (secondary N) is 1. The molecule has 0 aromatic carbocycles. The van der Waals surface area contributed by atoms with E-state index in [1.54, 1.807) is 0 Å². The predicted octanol–water partition coefficient (Wildman–Crippen LogP) is 4.54. The van der Waals surface area contributed by atoms with E-state index in [4.69, 9.17) is 0 Å². The van der Waals surface area contributed by atoms with Gasteiger partial charge in [0.25, 0.3) is 0 Å². The van der Waals surface area contributed by atoms with Gasteiger partial charge >= 0.3 is 0 Å². The highest BCUT2D eigenvalue weighted by molar-refractivity contribution is 5.11. The van der Waals surface area contributed by atoms with E-state index in [2.05, 4.69) is 38.2 Å². The molecule has 2 aliphatic carbocycles. The monoisotopic (exact) mass is 249 g/mol. The Labute approximate surface area is 113 Å². The van der Waals surface area contributed by atoms with Gasteiger partial charge in [-0.05, 0) is 50.4 Å². The SMILES string of the molecule is CCCCC(CCC)NC(C)C1CC2C=CC1C2. The zero-order chi connectivity index (χ0) is 13.0. The number of unbranched alkanes of at least 4 members (excludes halogenated alkanes) is 1. The van der Waals surface area contributed by atoms with Crippen LogP contribution < -0.4 is 5.32 Å². The van der Waals surface area contributed by atoms with Crippen molar-refractivity contribution >= 4 is 0 Å². The summed E-state index contributed by atoms with van der Waals surface area (Å²) in [6, 6.07) is 1.46. The van der Waals surface area contributed by atoms with E-state index in [0.717, 1.165) is 23.8 Å². The highest BCUT2D eigenvalue weighted by atomic mass is 15.0. The fourth-order valence-corrected chi connectivity index (χ4v) is 4.00. The van der Waals surface area contributed by atoms with Gasteiger partial charge in [-0.25, -0.2) is 0 Å². The Morgan fingerprint density at radius 2 is 1.94 bits per heavy atom. The van der Waals surface area contributed by atoms with Crippen LogP contribution in [0.1, 0.15) is 65.7 Å². The molecule has 1 nitrogen and oxygen atoms in total. The van der Waals surface area contributed by atoms with Crippen LogP contribution in [-0.2, 0) is 0 Å². The van der Waals surface area contributed by atoms with Crippen molar-refractivity contribution in [3.8, 4) is 0 Å². The van der Waals surface area contributed by atoms with Crippen LogP contribution in [0.25, 0.3) is 0 Å². The maximum Gasteiger partial charge on any atom is 0.00754 e. The molecule has 2 rings (SSSR count). The van der Waals surface area contributed by atoms with Crippen molar-refractivity contribution in [2.75, 3.05) is 0 Å². The van der Waals surface area contributed by atoms with Crippen molar-refractivity contribution in [1.29, 1.82) is 0 Å². The van der Waals surface area contributed by atoms with Crippen molar-refractivity contribution in [2.45, 2.75) is 77.8 Å². The Hall–Kier alpha value is -0.300. The molecule has 0 amide bonds. The van der Waals surface area contributed by atoms with Crippen molar-refractivity contribution in [3.63, 3.8) is 0 Å². The van der Waals surface area contributed by atoms with Crippen LogP contribution in [0.3, 0.4) is 0 Å². The van der Waals surface area contributed by atoms with E-state index in [1.165, 1.54) is 44.9 Å². The third-order valence-electron chi connectivity index (χ3n) is 5.01. The van der Waals surface area contributed by atoms with Crippen LogP contribution in [0.15, 0.2) is 12.2 Å². The van der Waals surface area contributed by atoms with Crippen LogP contribution in [0, 0.1) is 17.8 Å². The minimum atomic E-state index is 0.707. The smallest absolute Gasteiger partial charge is 0.00754 e. The van der Waals surface area contributed by atoms with E-state index in [9.17, 15) is 0 Å². The Kier molecular flexibility index (Phi) is 5.29. The van der Waals surface area contributed by atoms with Gasteiger partial charge in [0.15, 0.2) is 0 Å². The molecule has 5 unspecified atom stereocenters. The van der Waals surface area contributed by atoms with Crippen LogP contribution in [0.4, 0.5) is 0 Å². The van der Waals surface area contributed by atoms with Gasteiger partial charge in [-0.15, -0.1) is 0 Å². The summed E-state index contributed by atoms with van der Waals surface area (Å²) in [5, 5.41) is 3.95. The summed E-state index contributed by atoms with van der Waals surface area (Å²) in [5.41, 5.74) is 0. The van der Waals surface area contributed by atoms with Crippen molar-refractivity contribution in [2.24, 2.45) is 17.8 Å². The highest BCUT2D eigenvalue weighted by Crippen LogP contribution is 2.44. The van der Waals surface area contributed by atoms with E-state index >= 15 is 0 Å². The van der Waals surface area contributed by atoms with Gasteiger partial charge in [0, 0.05) is 12.1 Å². The first-order valence-corrected chi connectivity index (χ1v) is 8.19. The van der Waals surface area contributed by atoms with Crippen LogP contribution >= 0.6 is 0 Å².